The molecule has 0 radical (unpaired) electrons. The Morgan fingerprint density at radius 1 is 1.17 bits per heavy atom. The molecular weight excluding hydrogens is 368 g/mol. The minimum Gasteiger partial charge on any atom is -0.493 e. The zero-order valence-corrected chi connectivity index (χ0v) is 17.5. The average Bonchev–Trinajstić information content (AvgIpc) is 2.70. The van der Waals surface area contributed by atoms with Gasteiger partial charge in [-0.25, -0.2) is 0 Å². The molecule has 0 unspecified atom stereocenters. The highest BCUT2D eigenvalue weighted by Crippen LogP contribution is 2.28. The molecule has 2 amide bonds. The van der Waals surface area contributed by atoms with Crippen molar-refractivity contribution in [2.45, 2.75) is 20.3 Å². The molecule has 0 aromatic heterocycles. The molecule has 0 heterocycles. The lowest BCUT2D eigenvalue weighted by Gasteiger charge is -2.18. The molecule has 0 spiro atoms. The number of hydrogen-bond acceptors (Lipinski definition) is 4. The predicted molar refractivity (Wildman–Crippen MR) is 115 cm³/mol. The summed E-state index contributed by atoms with van der Waals surface area (Å²) in [7, 11) is 3.12. The van der Waals surface area contributed by atoms with Crippen LogP contribution in [0.25, 0.3) is 0 Å². The van der Waals surface area contributed by atoms with Crippen molar-refractivity contribution in [1.29, 1.82) is 0 Å². The van der Waals surface area contributed by atoms with Crippen LogP contribution < -0.4 is 14.8 Å². The van der Waals surface area contributed by atoms with Crippen molar-refractivity contribution in [2.75, 3.05) is 32.6 Å². The van der Waals surface area contributed by atoms with Crippen LogP contribution in [0.1, 0.15) is 16.7 Å². The van der Waals surface area contributed by atoms with E-state index in [4.69, 9.17) is 9.47 Å². The highest BCUT2D eigenvalue weighted by Gasteiger charge is 2.16. The molecule has 0 atom stereocenters. The Morgan fingerprint density at radius 3 is 2.62 bits per heavy atom. The van der Waals surface area contributed by atoms with E-state index in [1.54, 1.807) is 26.3 Å². The molecule has 29 heavy (non-hydrogen) atoms. The SMILES string of the molecule is C=CCc1ccc(OCC(=O)N(C)CC(=O)Nc2cccc(C)c2C)c(OC)c1. The summed E-state index contributed by atoms with van der Waals surface area (Å²) in [6, 6.07) is 11.2. The first-order valence-corrected chi connectivity index (χ1v) is 9.36. The van der Waals surface area contributed by atoms with Gasteiger partial charge in [0.1, 0.15) is 0 Å². The third-order valence-corrected chi connectivity index (χ3v) is 4.64. The summed E-state index contributed by atoms with van der Waals surface area (Å²) in [6.07, 6.45) is 2.52. The van der Waals surface area contributed by atoms with Gasteiger partial charge in [0.2, 0.25) is 5.91 Å². The van der Waals surface area contributed by atoms with Crippen molar-refractivity contribution in [2.24, 2.45) is 0 Å². The Balaban J connectivity index is 1.91. The van der Waals surface area contributed by atoms with E-state index >= 15 is 0 Å². The zero-order valence-electron chi connectivity index (χ0n) is 17.5. The van der Waals surface area contributed by atoms with Crippen molar-refractivity contribution < 1.29 is 19.1 Å². The van der Waals surface area contributed by atoms with E-state index in [0.29, 0.717) is 17.9 Å². The van der Waals surface area contributed by atoms with Crippen molar-refractivity contribution >= 4 is 17.5 Å². The number of methoxy groups -OCH3 is 1. The number of rotatable bonds is 9. The summed E-state index contributed by atoms with van der Waals surface area (Å²) in [6.45, 7) is 7.39. The van der Waals surface area contributed by atoms with Crippen molar-refractivity contribution in [1.82, 2.24) is 4.90 Å². The molecule has 0 fully saturated rings. The number of likely N-dealkylation sites (N-methyl/N-ethyl adjacent to an activating group) is 1. The average molecular weight is 396 g/mol. The molecule has 2 aromatic rings. The van der Waals surface area contributed by atoms with Gasteiger partial charge in [0.15, 0.2) is 18.1 Å². The fourth-order valence-electron chi connectivity index (χ4n) is 2.75. The fourth-order valence-corrected chi connectivity index (χ4v) is 2.75. The maximum absolute atomic E-state index is 12.4. The summed E-state index contributed by atoms with van der Waals surface area (Å²) < 4.78 is 10.9. The number of carbonyl (C=O) groups excluding carboxylic acids is 2. The number of aryl methyl sites for hydroxylation is 1. The lowest BCUT2D eigenvalue weighted by Crippen LogP contribution is -2.37. The van der Waals surface area contributed by atoms with Gasteiger partial charge in [0.25, 0.3) is 5.91 Å². The first-order chi connectivity index (χ1) is 13.8. The van der Waals surface area contributed by atoms with E-state index in [1.807, 2.05) is 44.2 Å². The molecule has 6 nitrogen and oxygen atoms in total. The number of nitrogens with zero attached hydrogens (tertiary/aromatic N) is 1. The highest BCUT2D eigenvalue weighted by atomic mass is 16.5. The molecule has 0 saturated heterocycles. The van der Waals surface area contributed by atoms with E-state index in [1.165, 1.54) is 4.90 Å². The van der Waals surface area contributed by atoms with Crippen LogP contribution in [0.2, 0.25) is 0 Å². The second-order valence-electron chi connectivity index (χ2n) is 6.81. The summed E-state index contributed by atoms with van der Waals surface area (Å²) >= 11 is 0. The Hall–Kier alpha value is -3.28. The van der Waals surface area contributed by atoms with E-state index in [-0.39, 0.29) is 25.0 Å². The number of amides is 2. The van der Waals surface area contributed by atoms with Gasteiger partial charge in [-0.3, -0.25) is 9.59 Å². The van der Waals surface area contributed by atoms with Gasteiger partial charge >= 0.3 is 0 Å². The lowest BCUT2D eigenvalue weighted by molar-refractivity contribution is -0.135. The minimum atomic E-state index is -0.307. The molecule has 0 saturated carbocycles. The minimum absolute atomic E-state index is 0.0645. The van der Waals surface area contributed by atoms with Crippen LogP contribution in [0.3, 0.4) is 0 Å². The molecule has 0 aliphatic carbocycles. The van der Waals surface area contributed by atoms with Crippen molar-refractivity contribution in [3.63, 3.8) is 0 Å². The summed E-state index contributed by atoms with van der Waals surface area (Å²) in [5.74, 6) is 0.452. The van der Waals surface area contributed by atoms with Crippen LogP contribution in [0, 0.1) is 13.8 Å². The molecule has 0 aliphatic heterocycles. The summed E-state index contributed by atoms with van der Waals surface area (Å²) in [4.78, 5) is 26.0. The van der Waals surface area contributed by atoms with Gasteiger partial charge in [0, 0.05) is 12.7 Å². The van der Waals surface area contributed by atoms with Gasteiger partial charge in [-0.15, -0.1) is 6.58 Å². The molecule has 0 aliphatic rings. The van der Waals surface area contributed by atoms with Gasteiger partial charge in [0.05, 0.1) is 13.7 Å². The molecule has 1 N–H and O–H groups in total. The van der Waals surface area contributed by atoms with Crippen molar-refractivity contribution in [3.05, 3.63) is 65.7 Å². The third-order valence-electron chi connectivity index (χ3n) is 4.64. The van der Waals surface area contributed by atoms with E-state index in [2.05, 4.69) is 11.9 Å². The molecule has 2 rings (SSSR count). The number of anilines is 1. The summed E-state index contributed by atoms with van der Waals surface area (Å²) in [5.41, 5.74) is 3.88. The van der Waals surface area contributed by atoms with Gasteiger partial charge in [-0.05, 0) is 55.2 Å². The fraction of sp³-hybridized carbons (Fsp3) is 0.304. The topological polar surface area (TPSA) is 67.9 Å². The zero-order chi connectivity index (χ0) is 21.4. The Labute approximate surface area is 172 Å². The monoisotopic (exact) mass is 396 g/mol. The largest absolute Gasteiger partial charge is 0.493 e. The van der Waals surface area contributed by atoms with Gasteiger partial charge < -0.3 is 19.7 Å². The molecule has 0 bridgehead atoms. The second kappa shape index (κ2) is 10.3. The smallest absolute Gasteiger partial charge is 0.260 e. The highest BCUT2D eigenvalue weighted by molar-refractivity contribution is 5.95. The number of nitrogens with one attached hydrogen (secondary N) is 1. The Morgan fingerprint density at radius 2 is 1.93 bits per heavy atom. The maximum Gasteiger partial charge on any atom is 0.260 e. The van der Waals surface area contributed by atoms with Crippen LogP contribution in [-0.4, -0.2) is 44.0 Å². The molecular formula is C23H28N2O4. The molecule has 154 valence electrons. The first-order valence-electron chi connectivity index (χ1n) is 9.36. The normalized spacial score (nSPS) is 10.2. The Kier molecular flexibility index (Phi) is 7.83. The maximum atomic E-state index is 12.4. The van der Waals surface area contributed by atoms with E-state index in [0.717, 1.165) is 22.4 Å². The van der Waals surface area contributed by atoms with Crippen LogP contribution in [0.15, 0.2) is 49.1 Å². The predicted octanol–water partition coefficient (Wildman–Crippen LogP) is 3.52. The Bertz CT molecular complexity index is 892. The summed E-state index contributed by atoms with van der Waals surface area (Å²) in [5, 5.41) is 2.85. The lowest BCUT2D eigenvalue weighted by atomic mass is 10.1. The second-order valence-corrected chi connectivity index (χ2v) is 6.81. The first kappa shape index (κ1) is 22.0. The van der Waals surface area contributed by atoms with E-state index in [9.17, 15) is 9.59 Å². The van der Waals surface area contributed by atoms with Crippen LogP contribution in [-0.2, 0) is 16.0 Å². The molecule has 6 heteroatoms. The van der Waals surface area contributed by atoms with Crippen LogP contribution in [0.5, 0.6) is 11.5 Å². The van der Waals surface area contributed by atoms with Gasteiger partial charge in [-0.2, -0.15) is 0 Å². The van der Waals surface area contributed by atoms with E-state index < -0.39 is 0 Å². The number of carbonyl (C=O) groups is 2. The standard InChI is InChI=1S/C23H28N2O4/c1-6-8-18-11-12-20(21(13-18)28-5)29-15-23(27)25(4)14-22(26)24-19-10-7-9-16(2)17(19)3/h6-7,9-13H,1,8,14-15H2,2-5H3,(H,24,26). The third kappa shape index (κ3) is 6.10. The number of allylic oxidation sites excluding steroid dienone is 1. The number of hydrogen-bond donors (Lipinski definition) is 1. The van der Waals surface area contributed by atoms with Crippen molar-refractivity contribution in [3.8, 4) is 11.5 Å². The quantitative estimate of drug-likeness (QED) is 0.659. The van der Waals surface area contributed by atoms with Gasteiger partial charge in [-0.1, -0.05) is 24.3 Å². The van der Waals surface area contributed by atoms with Crippen LogP contribution in [0.4, 0.5) is 5.69 Å². The molecule has 2 aromatic carbocycles. The van der Waals surface area contributed by atoms with Crippen LogP contribution >= 0.6 is 0 Å². The number of ether oxygens (including phenoxy) is 2. The number of benzene rings is 2.